The van der Waals surface area contributed by atoms with Crippen LogP contribution in [-0.4, -0.2) is 5.91 Å². The van der Waals surface area contributed by atoms with Gasteiger partial charge in [0.15, 0.2) is 0 Å². The third kappa shape index (κ3) is 4.14. The first-order chi connectivity index (χ1) is 12.2. The van der Waals surface area contributed by atoms with E-state index in [2.05, 4.69) is 10.5 Å². The molecule has 0 heterocycles. The number of rotatable bonds is 5. The van der Waals surface area contributed by atoms with Gasteiger partial charge in [0.25, 0.3) is 5.91 Å². The van der Waals surface area contributed by atoms with Crippen LogP contribution in [0.15, 0.2) is 78.0 Å². The van der Waals surface area contributed by atoms with E-state index in [0.29, 0.717) is 16.8 Å². The van der Waals surface area contributed by atoms with Crippen LogP contribution in [0.25, 0.3) is 11.1 Å². The zero-order chi connectivity index (χ0) is 17.6. The van der Waals surface area contributed by atoms with Crippen molar-refractivity contribution < 1.29 is 9.18 Å². The van der Waals surface area contributed by atoms with E-state index in [9.17, 15) is 14.1 Å². The molecule has 1 amide bonds. The molecular formula is C20H15FN2O2. The molecule has 3 aromatic rings. The topological polar surface area (TPSA) is 58.5 Å². The third-order valence-corrected chi connectivity index (χ3v) is 3.80. The molecule has 3 rings (SSSR count). The largest absolute Gasteiger partial charge is 0.348 e. The van der Waals surface area contributed by atoms with Crippen molar-refractivity contribution in [3.05, 3.63) is 94.6 Å². The summed E-state index contributed by atoms with van der Waals surface area (Å²) in [7, 11) is 0. The van der Waals surface area contributed by atoms with Gasteiger partial charge in [-0.15, -0.1) is 4.91 Å². The highest BCUT2D eigenvalue weighted by Crippen LogP contribution is 2.23. The van der Waals surface area contributed by atoms with Crippen LogP contribution in [0.1, 0.15) is 15.9 Å². The fraction of sp³-hybridized carbons (Fsp3) is 0.0500. The molecule has 0 bridgehead atoms. The fourth-order valence-corrected chi connectivity index (χ4v) is 2.46. The van der Waals surface area contributed by atoms with Crippen molar-refractivity contribution in [2.24, 2.45) is 5.18 Å². The van der Waals surface area contributed by atoms with E-state index in [1.807, 2.05) is 12.1 Å². The summed E-state index contributed by atoms with van der Waals surface area (Å²) < 4.78 is 13.1. The van der Waals surface area contributed by atoms with Gasteiger partial charge in [-0.05, 0) is 58.3 Å². The average Bonchev–Trinajstić information content (AvgIpc) is 2.66. The highest BCUT2D eigenvalue weighted by molar-refractivity contribution is 5.94. The Labute approximate surface area is 144 Å². The quantitative estimate of drug-likeness (QED) is 0.680. The SMILES string of the molecule is O=Nc1ccc(-c2ccc(C(=O)NCc3cccc(F)c3)cc2)cc1. The normalized spacial score (nSPS) is 10.3. The maximum absolute atomic E-state index is 13.1. The lowest BCUT2D eigenvalue weighted by Crippen LogP contribution is -2.22. The molecule has 0 saturated carbocycles. The van der Waals surface area contributed by atoms with Gasteiger partial charge in [-0.2, -0.15) is 0 Å². The minimum Gasteiger partial charge on any atom is -0.348 e. The van der Waals surface area contributed by atoms with Crippen LogP contribution >= 0.6 is 0 Å². The minimum absolute atomic E-state index is 0.226. The summed E-state index contributed by atoms with van der Waals surface area (Å²) in [5.41, 5.74) is 3.45. The van der Waals surface area contributed by atoms with Gasteiger partial charge in [0, 0.05) is 12.1 Å². The van der Waals surface area contributed by atoms with Crippen molar-refractivity contribution in [3.63, 3.8) is 0 Å². The molecule has 1 N–H and O–H groups in total. The van der Waals surface area contributed by atoms with Gasteiger partial charge in [0.05, 0.1) is 0 Å². The Morgan fingerprint density at radius 2 is 1.56 bits per heavy atom. The second-order valence-corrected chi connectivity index (χ2v) is 5.53. The molecule has 0 aromatic heterocycles. The molecular weight excluding hydrogens is 319 g/mol. The van der Waals surface area contributed by atoms with Gasteiger partial charge in [-0.3, -0.25) is 4.79 Å². The van der Waals surface area contributed by atoms with Crippen LogP contribution < -0.4 is 5.32 Å². The van der Waals surface area contributed by atoms with Gasteiger partial charge in [0.2, 0.25) is 0 Å². The molecule has 0 aliphatic carbocycles. The molecule has 124 valence electrons. The van der Waals surface area contributed by atoms with Crippen molar-refractivity contribution >= 4 is 11.6 Å². The van der Waals surface area contributed by atoms with Gasteiger partial charge < -0.3 is 5.32 Å². The van der Waals surface area contributed by atoms with E-state index in [1.165, 1.54) is 12.1 Å². The molecule has 0 unspecified atom stereocenters. The van der Waals surface area contributed by atoms with Crippen LogP contribution in [-0.2, 0) is 6.54 Å². The molecule has 0 aliphatic rings. The van der Waals surface area contributed by atoms with E-state index >= 15 is 0 Å². The number of carbonyl (C=O) groups is 1. The van der Waals surface area contributed by atoms with Gasteiger partial charge in [-0.1, -0.05) is 36.4 Å². The molecule has 0 fully saturated rings. The summed E-state index contributed by atoms with van der Waals surface area (Å²) in [5, 5.41) is 5.63. The first-order valence-electron chi connectivity index (χ1n) is 7.72. The van der Waals surface area contributed by atoms with Crippen LogP contribution in [0.4, 0.5) is 10.1 Å². The third-order valence-electron chi connectivity index (χ3n) is 3.80. The number of amides is 1. The van der Waals surface area contributed by atoms with E-state index in [1.54, 1.807) is 48.5 Å². The fourth-order valence-electron chi connectivity index (χ4n) is 2.46. The lowest BCUT2D eigenvalue weighted by atomic mass is 10.0. The number of nitroso groups, excluding NO2 is 1. The smallest absolute Gasteiger partial charge is 0.251 e. The number of hydrogen-bond acceptors (Lipinski definition) is 3. The average molecular weight is 334 g/mol. The molecule has 0 spiro atoms. The predicted octanol–water partition coefficient (Wildman–Crippen LogP) is 4.82. The number of nitrogens with one attached hydrogen (secondary N) is 1. The Kier molecular flexibility index (Phi) is 4.95. The molecule has 5 heteroatoms. The lowest BCUT2D eigenvalue weighted by Gasteiger charge is -2.07. The molecule has 0 radical (unpaired) electrons. The maximum atomic E-state index is 13.1. The number of halogens is 1. The number of carbonyl (C=O) groups excluding carboxylic acids is 1. The predicted molar refractivity (Wildman–Crippen MR) is 94.9 cm³/mol. The van der Waals surface area contributed by atoms with Crippen molar-refractivity contribution in [2.45, 2.75) is 6.54 Å². The zero-order valence-corrected chi connectivity index (χ0v) is 13.3. The Hall–Kier alpha value is -3.34. The monoisotopic (exact) mass is 334 g/mol. The number of nitrogens with zero attached hydrogens (tertiary/aromatic N) is 1. The van der Waals surface area contributed by atoms with Crippen molar-refractivity contribution in [2.75, 3.05) is 0 Å². The number of hydrogen-bond donors (Lipinski definition) is 1. The van der Waals surface area contributed by atoms with Crippen molar-refractivity contribution in [1.82, 2.24) is 5.32 Å². The summed E-state index contributed by atoms with van der Waals surface area (Å²) in [6, 6.07) is 20.1. The summed E-state index contributed by atoms with van der Waals surface area (Å²) in [4.78, 5) is 22.6. The minimum atomic E-state index is -0.327. The summed E-state index contributed by atoms with van der Waals surface area (Å²) in [5.74, 6) is -0.553. The first-order valence-corrected chi connectivity index (χ1v) is 7.72. The van der Waals surface area contributed by atoms with E-state index < -0.39 is 0 Å². The second-order valence-electron chi connectivity index (χ2n) is 5.53. The molecule has 4 nitrogen and oxygen atoms in total. The molecule has 0 atom stereocenters. The van der Waals surface area contributed by atoms with Gasteiger partial charge in [0.1, 0.15) is 11.5 Å². The Balaban J connectivity index is 1.66. The van der Waals surface area contributed by atoms with Gasteiger partial charge in [-0.25, -0.2) is 4.39 Å². The van der Waals surface area contributed by atoms with Crippen LogP contribution in [0.3, 0.4) is 0 Å². The standard InChI is InChI=1S/C20H15FN2O2/c21-18-3-1-2-14(12-18)13-22-20(24)17-6-4-15(5-7-17)16-8-10-19(23-25)11-9-16/h1-12H,13H2,(H,22,24). The highest BCUT2D eigenvalue weighted by atomic mass is 19.1. The molecule has 0 aliphatic heterocycles. The van der Waals surface area contributed by atoms with Gasteiger partial charge >= 0.3 is 0 Å². The lowest BCUT2D eigenvalue weighted by molar-refractivity contribution is 0.0951. The van der Waals surface area contributed by atoms with E-state index in [0.717, 1.165) is 11.1 Å². The molecule has 0 saturated heterocycles. The Bertz CT molecular complexity index is 890. The van der Waals surface area contributed by atoms with E-state index in [4.69, 9.17) is 0 Å². The van der Waals surface area contributed by atoms with Crippen LogP contribution in [0.5, 0.6) is 0 Å². The second kappa shape index (κ2) is 7.49. The summed E-state index contributed by atoms with van der Waals surface area (Å²) >= 11 is 0. The van der Waals surface area contributed by atoms with Crippen molar-refractivity contribution in [1.29, 1.82) is 0 Å². The maximum Gasteiger partial charge on any atom is 0.251 e. The zero-order valence-electron chi connectivity index (χ0n) is 13.3. The highest BCUT2D eigenvalue weighted by Gasteiger charge is 2.06. The summed E-state index contributed by atoms with van der Waals surface area (Å²) in [6.07, 6.45) is 0. The Morgan fingerprint density at radius 1 is 0.920 bits per heavy atom. The van der Waals surface area contributed by atoms with Crippen LogP contribution in [0.2, 0.25) is 0 Å². The molecule has 3 aromatic carbocycles. The molecule has 25 heavy (non-hydrogen) atoms. The van der Waals surface area contributed by atoms with Crippen molar-refractivity contribution in [3.8, 4) is 11.1 Å². The van der Waals surface area contributed by atoms with Crippen LogP contribution in [0, 0.1) is 10.7 Å². The summed E-state index contributed by atoms with van der Waals surface area (Å²) in [6.45, 7) is 0.262. The first kappa shape index (κ1) is 16.5. The van der Waals surface area contributed by atoms with E-state index in [-0.39, 0.29) is 18.3 Å². The number of benzene rings is 3. The Morgan fingerprint density at radius 3 is 2.16 bits per heavy atom.